The number of nitrogens with zero attached hydrogens (tertiary/aromatic N) is 5. The first-order chi connectivity index (χ1) is 12.4. The Labute approximate surface area is 154 Å². The van der Waals surface area contributed by atoms with Crippen molar-refractivity contribution in [1.29, 1.82) is 0 Å². The molecule has 3 rings (SSSR count). The van der Waals surface area contributed by atoms with E-state index in [1.54, 1.807) is 24.1 Å². The number of hydrogen-bond acceptors (Lipinski definition) is 6. The topological polar surface area (TPSA) is 72.6 Å². The Hall–Kier alpha value is -2.74. The van der Waals surface area contributed by atoms with E-state index >= 15 is 0 Å². The highest BCUT2D eigenvalue weighted by molar-refractivity contribution is 6.31. The third-order valence-electron chi connectivity index (χ3n) is 3.92. The van der Waals surface area contributed by atoms with Gasteiger partial charge in [0, 0.05) is 35.9 Å². The highest BCUT2D eigenvalue weighted by Crippen LogP contribution is 2.24. The molecule has 0 aliphatic heterocycles. The lowest BCUT2D eigenvalue weighted by Crippen LogP contribution is -2.21. The highest BCUT2D eigenvalue weighted by Gasteiger charge is 2.19. The Morgan fingerprint density at radius 3 is 2.81 bits per heavy atom. The molecule has 26 heavy (non-hydrogen) atoms. The summed E-state index contributed by atoms with van der Waals surface area (Å²) in [5, 5.41) is 4.51. The number of anilines is 1. The van der Waals surface area contributed by atoms with Crippen molar-refractivity contribution in [2.75, 3.05) is 19.1 Å². The first-order valence-corrected chi connectivity index (χ1v) is 8.31. The van der Waals surface area contributed by atoms with Crippen LogP contribution in [0.1, 0.15) is 28.8 Å². The van der Waals surface area contributed by atoms with Gasteiger partial charge >= 0.3 is 5.97 Å². The van der Waals surface area contributed by atoms with Crippen LogP contribution in [-0.2, 0) is 17.7 Å². The first kappa shape index (κ1) is 18.1. The van der Waals surface area contributed by atoms with Crippen molar-refractivity contribution in [1.82, 2.24) is 19.6 Å². The van der Waals surface area contributed by atoms with E-state index in [-0.39, 0.29) is 24.0 Å². The molecule has 0 aliphatic carbocycles. The zero-order valence-corrected chi connectivity index (χ0v) is 15.3. The molecule has 7 nitrogen and oxygen atoms in total. The van der Waals surface area contributed by atoms with Gasteiger partial charge in [-0.25, -0.2) is 14.2 Å². The van der Waals surface area contributed by atoms with Gasteiger partial charge in [0.1, 0.15) is 11.6 Å². The lowest BCUT2D eigenvalue weighted by Gasteiger charge is -2.21. The quantitative estimate of drug-likeness (QED) is 0.636. The van der Waals surface area contributed by atoms with Crippen LogP contribution in [0, 0.1) is 5.82 Å². The summed E-state index contributed by atoms with van der Waals surface area (Å²) < 4.78 is 20.2. The lowest BCUT2D eigenvalue weighted by molar-refractivity contribution is 0.0587. The van der Waals surface area contributed by atoms with E-state index in [1.807, 2.05) is 13.0 Å². The van der Waals surface area contributed by atoms with Gasteiger partial charge < -0.3 is 9.64 Å². The molecule has 9 heteroatoms. The summed E-state index contributed by atoms with van der Waals surface area (Å²) in [6.45, 7) is 2.16. The van der Waals surface area contributed by atoms with Crippen molar-refractivity contribution in [2.45, 2.75) is 19.9 Å². The number of halogens is 2. The minimum absolute atomic E-state index is 0.0909. The Balaban J connectivity index is 2.07. The maximum absolute atomic E-state index is 14.1. The molecule has 0 N–H and O–H groups in total. The van der Waals surface area contributed by atoms with Crippen LogP contribution in [0.4, 0.5) is 10.2 Å². The van der Waals surface area contributed by atoms with Crippen molar-refractivity contribution in [2.24, 2.45) is 0 Å². The van der Waals surface area contributed by atoms with Gasteiger partial charge in [0.2, 0.25) is 0 Å². The predicted octanol–water partition coefficient (Wildman–Crippen LogP) is 2.90. The van der Waals surface area contributed by atoms with Crippen molar-refractivity contribution in [3.05, 3.63) is 52.2 Å². The molecule has 0 bridgehead atoms. The Kier molecular flexibility index (Phi) is 5.03. The highest BCUT2D eigenvalue weighted by atomic mass is 35.5. The fraction of sp³-hybridized carbons (Fsp3) is 0.294. The summed E-state index contributed by atoms with van der Waals surface area (Å²) in [5.74, 6) is -0.259. The van der Waals surface area contributed by atoms with Crippen molar-refractivity contribution >= 4 is 29.2 Å². The first-order valence-electron chi connectivity index (χ1n) is 7.93. The fourth-order valence-corrected chi connectivity index (χ4v) is 2.76. The van der Waals surface area contributed by atoms with E-state index in [2.05, 4.69) is 19.8 Å². The molecule has 0 saturated carbocycles. The SMILES string of the molecule is CCc1cc(N(C)Cc2c(F)cccc2Cl)n2nc(C(=O)OC)nc2n1. The molecular weight excluding hydrogens is 361 g/mol. The van der Waals surface area contributed by atoms with E-state index < -0.39 is 5.97 Å². The molecule has 0 atom stereocenters. The maximum Gasteiger partial charge on any atom is 0.378 e. The van der Waals surface area contributed by atoms with Crippen LogP contribution in [0.25, 0.3) is 5.78 Å². The number of aromatic nitrogens is 4. The third-order valence-corrected chi connectivity index (χ3v) is 4.28. The van der Waals surface area contributed by atoms with Crippen molar-refractivity contribution < 1.29 is 13.9 Å². The zero-order valence-electron chi connectivity index (χ0n) is 14.5. The zero-order chi connectivity index (χ0) is 18.8. The van der Waals surface area contributed by atoms with E-state index in [1.165, 1.54) is 17.7 Å². The average molecular weight is 378 g/mol. The van der Waals surface area contributed by atoms with Gasteiger partial charge in [-0.2, -0.15) is 9.50 Å². The van der Waals surface area contributed by atoms with E-state index in [4.69, 9.17) is 11.6 Å². The van der Waals surface area contributed by atoms with Gasteiger partial charge in [-0.05, 0) is 18.6 Å². The second kappa shape index (κ2) is 7.25. The molecule has 2 aromatic heterocycles. The summed E-state index contributed by atoms with van der Waals surface area (Å²) in [7, 11) is 3.03. The van der Waals surface area contributed by atoms with E-state index in [0.717, 1.165) is 5.69 Å². The number of ether oxygens (including phenoxy) is 1. The number of hydrogen-bond donors (Lipinski definition) is 0. The van der Waals surface area contributed by atoms with Gasteiger partial charge in [0.05, 0.1) is 7.11 Å². The number of rotatable bonds is 5. The normalized spacial score (nSPS) is 11.0. The molecular formula is C17H17ClFN5O2. The van der Waals surface area contributed by atoms with Gasteiger partial charge in [-0.15, -0.1) is 5.10 Å². The van der Waals surface area contributed by atoms with Crippen LogP contribution < -0.4 is 4.90 Å². The van der Waals surface area contributed by atoms with Gasteiger partial charge in [0.25, 0.3) is 11.6 Å². The number of methoxy groups -OCH3 is 1. The van der Waals surface area contributed by atoms with Crippen LogP contribution in [-0.4, -0.2) is 39.7 Å². The van der Waals surface area contributed by atoms with Crippen LogP contribution in [0.5, 0.6) is 0 Å². The number of carbonyl (C=O) groups is 1. The van der Waals surface area contributed by atoms with E-state index in [0.29, 0.717) is 22.8 Å². The number of fused-ring (bicyclic) bond motifs is 1. The summed E-state index contributed by atoms with van der Waals surface area (Å²) >= 11 is 6.13. The summed E-state index contributed by atoms with van der Waals surface area (Å²) in [4.78, 5) is 22.0. The standard InChI is InChI=1S/C17H17ClFN5O2/c1-4-10-8-14(23(2)9-11-12(18)6-5-7-13(11)19)24-17(20-10)21-15(22-24)16(25)26-3/h5-8H,4,9H2,1-3H3. The third kappa shape index (κ3) is 3.32. The largest absolute Gasteiger partial charge is 0.463 e. The molecule has 0 saturated heterocycles. The molecule has 136 valence electrons. The van der Waals surface area contributed by atoms with Gasteiger partial charge in [-0.3, -0.25) is 0 Å². The van der Waals surface area contributed by atoms with Crippen LogP contribution in [0.3, 0.4) is 0 Å². The average Bonchev–Trinajstić information content (AvgIpc) is 3.07. The van der Waals surface area contributed by atoms with Crippen LogP contribution in [0.15, 0.2) is 24.3 Å². The monoisotopic (exact) mass is 377 g/mol. The fourth-order valence-electron chi connectivity index (χ4n) is 2.53. The molecule has 3 aromatic rings. The smallest absolute Gasteiger partial charge is 0.378 e. The molecule has 0 amide bonds. The molecule has 0 radical (unpaired) electrons. The molecule has 0 aliphatic rings. The second-order valence-corrected chi connectivity index (χ2v) is 6.06. The predicted molar refractivity (Wildman–Crippen MR) is 95.0 cm³/mol. The molecule has 0 fully saturated rings. The number of carbonyl (C=O) groups excluding carboxylic acids is 1. The Bertz CT molecular complexity index is 955. The lowest BCUT2D eigenvalue weighted by atomic mass is 10.2. The van der Waals surface area contributed by atoms with Crippen LogP contribution >= 0.6 is 11.6 Å². The number of aryl methyl sites for hydroxylation is 1. The van der Waals surface area contributed by atoms with E-state index in [9.17, 15) is 9.18 Å². The Morgan fingerprint density at radius 2 is 2.15 bits per heavy atom. The Morgan fingerprint density at radius 1 is 1.38 bits per heavy atom. The second-order valence-electron chi connectivity index (χ2n) is 5.65. The molecule has 0 unspecified atom stereocenters. The molecule has 2 heterocycles. The van der Waals surface area contributed by atoms with Gasteiger partial charge in [0.15, 0.2) is 0 Å². The summed E-state index contributed by atoms with van der Waals surface area (Å²) in [5.41, 5.74) is 1.13. The van der Waals surface area contributed by atoms with Gasteiger partial charge in [-0.1, -0.05) is 24.6 Å². The minimum Gasteiger partial charge on any atom is -0.463 e. The number of benzene rings is 1. The summed E-state index contributed by atoms with van der Waals surface area (Å²) in [6.07, 6.45) is 0.665. The maximum atomic E-state index is 14.1. The van der Waals surface area contributed by atoms with Crippen LogP contribution in [0.2, 0.25) is 5.02 Å². The summed E-state index contributed by atoms with van der Waals surface area (Å²) in [6, 6.07) is 6.37. The van der Waals surface area contributed by atoms with Crippen molar-refractivity contribution in [3.8, 4) is 0 Å². The molecule has 0 spiro atoms. The number of esters is 1. The van der Waals surface area contributed by atoms with Crippen molar-refractivity contribution in [3.63, 3.8) is 0 Å². The molecule has 1 aromatic carbocycles. The minimum atomic E-state index is -0.653.